The van der Waals surface area contributed by atoms with E-state index < -0.39 is 12.2 Å². The smallest absolute Gasteiger partial charge is 0.105 e. The van der Waals surface area contributed by atoms with Crippen LogP contribution in [0.4, 0.5) is 0 Å². The Labute approximate surface area is 105 Å². The van der Waals surface area contributed by atoms with Crippen molar-refractivity contribution in [3.05, 3.63) is 45.8 Å². The Morgan fingerprint density at radius 3 is 2.78 bits per heavy atom. The van der Waals surface area contributed by atoms with E-state index in [1.54, 1.807) is 18.2 Å². The van der Waals surface area contributed by atoms with Crippen molar-refractivity contribution >= 4 is 0 Å². The average Bonchev–Trinajstić information content (AvgIpc) is 2.39. The Balaban J connectivity index is 2.66. The SMILES string of the molecule is [N-]=[N+]=NCCC(O)C(O)c1cccc(CCO)c1. The summed E-state index contributed by atoms with van der Waals surface area (Å²) in [4.78, 5) is 2.58. The molecule has 2 unspecified atom stereocenters. The molecule has 0 aliphatic heterocycles. The minimum absolute atomic E-state index is 0.0407. The molecule has 2 atom stereocenters. The van der Waals surface area contributed by atoms with E-state index in [4.69, 9.17) is 10.6 Å². The normalized spacial score (nSPS) is 13.7. The van der Waals surface area contributed by atoms with Gasteiger partial charge in [-0.2, -0.15) is 0 Å². The molecule has 0 fully saturated rings. The Hall–Kier alpha value is -1.59. The van der Waals surface area contributed by atoms with Crippen LogP contribution in [0.25, 0.3) is 10.4 Å². The summed E-state index contributed by atoms with van der Waals surface area (Å²) in [5.41, 5.74) is 9.61. The van der Waals surface area contributed by atoms with E-state index in [1.165, 1.54) is 0 Å². The molecule has 0 aliphatic carbocycles. The van der Waals surface area contributed by atoms with Crippen LogP contribution in [-0.2, 0) is 6.42 Å². The zero-order valence-electron chi connectivity index (χ0n) is 9.98. The third-order valence-corrected chi connectivity index (χ3v) is 2.65. The first-order chi connectivity index (χ1) is 8.69. The standard InChI is InChI=1S/C12H17N3O3/c13-15-14-6-4-11(17)12(18)10-3-1-2-9(8-10)5-7-16/h1-3,8,11-12,16-18H,4-7H2. The molecule has 0 bridgehead atoms. The van der Waals surface area contributed by atoms with Crippen molar-refractivity contribution in [2.24, 2.45) is 5.11 Å². The van der Waals surface area contributed by atoms with Gasteiger partial charge in [-0.25, -0.2) is 0 Å². The van der Waals surface area contributed by atoms with Crippen LogP contribution in [0.15, 0.2) is 29.4 Å². The molecule has 6 heteroatoms. The van der Waals surface area contributed by atoms with E-state index in [1.807, 2.05) is 6.07 Å². The second-order valence-corrected chi connectivity index (χ2v) is 3.97. The first-order valence-electron chi connectivity index (χ1n) is 5.75. The number of azide groups is 1. The molecule has 98 valence electrons. The highest BCUT2D eigenvalue weighted by atomic mass is 16.3. The van der Waals surface area contributed by atoms with Gasteiger partial charge in [-0.1, -0.05) is 29.4 Å². The molecule has 0 spiro atoms. The Bertz CT molecular complexity index is 419. The Kier molecular flexibility index (Phi) is 6.18. The summed E-state index contributed by atoms with van der Waals surface area (Å²) in [6.07, 6.45) is -1.28. The van der Waals surface area contributed by atoms with Gasteiger partial charge in [0.2, 0.25) is 0 Å². The zero-order chi connectivity index (χ0) is 13.4. The van der Waals surface area contributed by atoms with Crippen LogP contribution in [-0.4, -0.2) is 34.6 Å². The van der Waals surface area contributed by atoms with Crippen molar-refractivity contribution < 1.29 is 15.3 Å². The Morgan fingerprint density at radius 1 is 1.33 bits per heavy atom. The molecule has 3 N–H and O–H groups in total. The lowest BCUT2D eigenvalue weighted by Gasteiger charge is -2.18. The predicted octanol–water partition coefficient (Wildman–Crippen LogP) is 1.32. The Morgan fingerprint density at radius 2 is 2.11 bits per heavy atom. The van der Waals surface area contributed by atoms with E-state index in [9.17, 15) is 10.2 Å². The molecule has 0 aromatic heterocycles. The monoisotopic (exact) mass is 251 g/mol. The predicted molar refractivity (Wildman–Crippen MR) is 66.8 cm³/mol. The fourth-order valence-electron chi connectivity index (χ4n) is 1.68. The van der Waals surface area contributed by atoms with Gasteiger partial charge in [0.1, 0.15) is 6.10 Å². The highest BCUT2D eigenvalue weighted by molar-refractivity contribution is 5.26. The second kappa shape index (κ2) is 7.68. The maximum absolute atomic E-state index is 9.93. The summed E-state index contributed by atoms with van der Waals surface area (Å²) >= 11 is 0. The minimum Gasteiger partial charge on any atom is -0.396 e. The van der Waals surface area contributed by atoms with Crippen molar-refractivity contribution in [1.82, 2.24) is 0 Å². The van der Waals surface area contributed by atoms with Crippen LogP contribution in [0, 0.1) is 0 Å². The number of hydrogen-bond donors (Lipinski definition) is 3. The summed E-state index contributed by atoms with van der Waals surface area (Å²) in [6, 6.07) is 7.07. The molecule has 0 heterocycles. The van der Waals surface area contributed by atoms with Crippen molar-refractivity contribution in [2.75, 3.05) is 13.2 Å². The number of nitrogens with zero attached hydrogens (tertiary/aromatic N) is 3. The molecule has 1 aromatic rings. The number of benzene rings is 1. The highest BCUT2D eigenvalue weighted by Gasteiger charge is 2.17. The third kappa shape index (κ3) is 4.35. The summed E-state index contributed by atoms with van der Waals surface area (Å²) in [6.45, 7) is 0.185. The molecule has 0 aliphatic rings. The van der Waals surface area contributed by atoms with Crippen LogP contribution in [0.1, 0.15) is 23.7 Å². The molecule has 0 saturated carbocycles. The first-order valence-corrected chi connectivity index (χ1v) is 5.75. The molecule has 18 heavy (non-hydrogen) atoms. The van der Waals surface area contributed by atoms with E-state index >= 15 is 0 Å². The van der Waals surface area contributed by atoms with Gasteiger partial charge in [-0.3, -0.25) is 0 Å². The van der Waals surface area contributed by atoms with Gasteiger partial charge in [0.15, 0.2) is 0 Å². The molecular weight excluding hydrogens is 234 g/mol. The second-order valence-electron chi connectivity index (χ2n) is 3.97. The van der Waals surface area contributed by atoms with Crippen molar-refractivity contribution in [3.63, 3.8) is 0 Å². The molecule has 0 amide bonds. The summed E-state index contributed by atoms with van der Waals surface area (Å²) in [7, 11) is 0. The lowest BCUT2D eigenvalue weighted by Crippen LogP contribution is -2.19. The van der Waals surface area contributed by atoms with Crippen LogP contribution < -0.4 is 0 Å². The average molecular weight is 251 g/mol. The van der Waals surface area contributed by atoms with Gasteiger partial charge < -0.3 is 15.3 Å². The quantitative estimate of drug-likeness (QED) is 0.386. The fourth-order valence-corrected chi connectivity index (χ4v) is 1.68. The van der Waals surface area contributed by atoms with Crippen LogP contribution >= 0.6 is 0 Å². The largest absolute Gasteiger partial charge is 0.396 e. The van der Waals surface area contributed by atoms with Crippen molar-refractivity contribution in [1.29, 1.82) is 0 Å². The highest BCUT2D eigenvalue weighted by Crippen LogP contribution is 2.20. The topological polar surface area (TPSA) is 109 Å². The molecule has 0 radical (unpaired) electrons. The fraction of sp³-hybridized carbons (Fsp3) is 0.500. The van der Waals surface area contributed by atoms with E-state index in [2.05, 4.69) is 10.0 Å². The maximum Gasteiger partial charge on any atom is 0.105 e. The molecule has 6 nitrogen and oxygen atoms in total. The van der Waals surface area contributed by atoms with E-state index in [-0.39, 0.29) is 19.6 Å². The number of aliphatic hydroxyl groups excluding tert-OH is 3. The molecule has 1 aromatic carbocycles. The zero-order valence-corrected chi connectivity index (χ0v) is 9.98. The maximum atomic E-state index is 9.93. The summed E-state index contributed by atoms with van der Waals surface area (Å²) in [5, 5.41) is 31.8. The number of hydrogen-bond acceptors (Lipinski definition) is 4. The minimum atomic E-state index is -1.02. The third-order valence-electron chi connectivity index (χ3n) is 2.65. The number of aliphatic hydroxyl groups is 3. The van der Waals surface area contributed by atoms with Crippen LogP contribution in [0.2, 0.25) is 0 Å². The first kappa shape index (κ1) is 14.5. The van der Waals surface area contributed by atoms with Gasteiger partial charge >= 0.3 is 0 Å². The molecule has 0 saturated heterocycles. The number of rotatable bonds is 7. The van der Waals surface area contributed by atoms with E-state index in [0.717, 1.165) is 5.56 Å². The van der Waals surface area contributed by atoms with Crippen molar-refractivity contribution in [2.45, 2.75) is 25.0 Å². The molecular formula is C12H17N3O3. The van der Waals surface area contributed by atoms with Crippen LogP contribution in [0.3, 0.4) is 0 Å². The van der Waals surface area contributed by atoms with Gasteiger partial charge in [0.05, 0.1) is 6.10 Å². The molecule has 1 rings (SSSR count). The van der Waals surface area contributed by atoms with Gasteiger partial charge in [-0.15, -0.1) is 0 Å². The lowest BCUT2D eigenvalue weighted by molar-refractivity contribution is 0.0150. The van der Waals surface area contributed by atoms with Gasteiger partial charge in [-0.05, 0) is 29.5 Å². The van der Waals surface area contributed by atoms with E-state index in [0.29, 0.717) is 12.0 Å². The lowest BCUT2D eigenvalue weighted by atomic mass is 9.99. The summed E-state index contributed by atoms with van der Waals surface area (Å²) < 4.78 is 0. The van der Waals surface area contributed by atoms with Gasteiger partial charge in [0.25, 0.3) is 0 Å². The van der Waals surface area contributed by atoms with Crippen LogP contribution in [0.5, 0.6) is 0 Å². The van der Waals surface area contributed by atoms with Gasteiger partial charge in [0, 0.05) is 18.1 Å². The van der Waals surface area contributed by atoms with Crippen molar-refractivity contribution in [3.8, 4) is 0 Å². The summed E-state index contributed by atoms with van der Waals surface area (Å²) in [5.74, 6) is 0.